The van der Waals surface area contributed by atoms with Gasteiger partial charge in [0.25, 0.3) is 0 Å². The van der Waals surface area contributed by atoms with Crippen molar-refractivity contribution in [2.45, 2.75) is 38.6 Å². The van der Waals surface area contributed by atoms with E-state index in [1.165, 1.54) is 51.9 Å². The Bertz CT molecular complexity index is 154. The highest BCUT2D eigenvalue weighted by atomic mass is 15.2. The molecule has 1 saturated heterocycles. The zero-order valence-corrected chi connectivity index (χ0v) is 8.76. The van der Waals surface area contributed by atoms with Gasteiger partial charge in [0.05, 0.1) is 0 Å². The van der Waals surface area contributed by atoms with Gasteiger partial charge in [-0.25, -0.2) is 0 Å². The zero-order valence-electron chi connectivity index (χ0n) is 8.76. The molecule has 13 heavy (non-hydrogen) atoms. The van der Waals surface area contributed by atoms with E-state index in [0.29, 0.717) is 0 Å². The maximum atomic E-state index is 3.51. The molecule has 0 aromatic rings. The maximum absolute atomic E-state index is 3.51. The predicted octanol–water partition coefficient (Wildman–Crippen LogP) is 1.47. The first-order chi connectivity index (χ1) is 6.36. The zero-order chi connectivity index (χ0) is 9.10. The van der Waals surface area contributed by atoms with Gasteiger partial charge in [0.1, 0.15) is 0 Å². The molecule has 2 rings (SSSR count). The van der Waals surface area contributed by atoms with E-state index in [2.05, 4.69) is 17.1 Å². The van der Waals surface area contributed by atoms with Gasteiger partial charge in [-0.1, -0.05) is 13.3 Å². The van der Waals surface area contributed by atoms with E-state index in [4.69, 9.17) is 0 Å². The lowest BCUT2D eigenvalue weighted by Gasteiger charge is -2.40. The van der Waals surface area contributed by atoms with Crippen molar-refractivity contribution >= 4 is 0 Å². The number of nitrogens with zero attached hydrogens (tertiary/aromatic N) is 1. The maximum Gasteiger partial charge on any atom is 0.00954 e. The Morgan fingerprint density at radius 2 is 2.08 bits per heavy atom. The van der Waals surface area contributed by atoms with Crippen molar-refractivity contribution in [2.24, 2.45) is 5.92 Å². The van der Waals surface area contributed by atoms with Gasteiger partial charge in [-0.2, -0.15) is 0 Å². The normalized spacial score (nSPS) is 33.5. The van der Waals surface area contributed by atoms with Crippen LogP contribution in [-0.2, 0) is 0 Å². The molecule has 2 aliphatic rings. The Labute approximate surface area is 81.7 Å². The monoisotopic (exact) mass is 182 g/mol. The van der Waals surface area contributed by atoms with E-state index in [1.807, 2.05) is 0 Å². The molecule has 1 saturated carbocycles. The van der Waals surface area contributed by atoms with Gasteiger partial charge in [0.2, 0.25) is 0 Å². The molecule has 0 spiro atoms. The largest absolute Gasteiger partial charge is 0.316 e. The van der Waals surface area contributed by atoms with Gasteiger partial charge in [0.15, 0.2) is 0 Å². The van der Waals surface area contributed by atoms with Gasteiger partial charge < -0.3 is 10.2 Å². The number of rotatable bonds is 1. The molecule has 0 radical (unpaired) electrons. The van der Waals surface area contributed by atoms with E-state index in [1.54, 1.807) is 0 Å². The number of hydrogen-bond donors (Lipinski definition) is 1. The standard InChI is InChI=1S/C11H22N2/c1-10-8-12-6-3-7-13(9-10)11-4-2-5-11/h10-12H,2-9H2,1H3. The van der Waals surface area contributed by atoms with Crippen LogP contribution in [0.3, 0.4) is 0 Å². The summed E-state index contributed by atoms with van der Waals surface area (Å²) in [6, 6.07) is 0.945. The Kier molecular flexibility index (Phi) is 3.23. The molecule has 1 N–H and O–H groups in total. The quantitative estimate of drug-likeness (QED) is 0.660. The molecular formula is C11H22N2. The number of hydrogen-bond acceptors (Lipinski definition) is 2. The van der Waals surface area contributed by atoms with Crippen molar-refractivity contribution in [3.05, 3.63) is 0 Å². The van der Waals surface area contributed by atoms with Crippen LogP contribution in [0, 0.1) is 5.92 Å². The average molecular weight is 182 g/mol. The minimum absolute atomic E-state index is 0.834. The van der Waals surface area contributed by atoms with Crippen LogP contribution in [0.15, 0.2) is 0 Å². The lowest BCUT2D eigenvalue weighted by atomic mass is 9.90. The molecule has 0 amide bonds. The van der Waals surface area contributed by atoms with Crippen molar-refractivity contribution in [3.8, 4) is 0 Å². The Morgan fingerprint density at radius 3 is 2.77 bits per heavy atom. The summed E-state index contributed by atoms with van der Waals surface area (Å²) in [4.78, 5) is 2.73. The van der Waals surface area contributed by atoms with Crippen LogP contribution < -0.4 is 5.32 Å². The molecule has 0 aromatic carbocycles. The van der Waals surface area contributed by atoms with E-state index >= 15 is 0 Å². The summed E-state index contributed by atoms with van der Waals surface area (Å²) in [6.45, 7) is 7.43. The molecule has 1 unspecified atom stereocenters. The van der Waals surface area contributed by atoms with Gasteiger partial charge in [0, 0.05) is 12.6 Å². The van der Waals surface area contributed by atoms with Crippen molar-refractivity contribution in [2.75, 3.05) is 26.2 Å². The Balaban J connectivity index is 1.83. The average Bonchev–Trinajstić information content (AvgIpc) is 1.95. The minimum atomic E-state index is 0.834. The molecule has 2 nitrogen and oxygen atoms in total. The van der Waals surface area contributed by atoms with E-state index in [-0.39, 0.29) is 0 Å². The second-order valence-electron chi connectivity index (χ2n) is 4.74. The minimum Gasteiger partial charge on any atom is -0.316 e. The van der Waals surface area contributed by atoms with Crippen molar-refractivity contribution in [3.63, 3.8) is 0 Å². The summed E-state index contributed by atoms with van der Waals surface area (Å²) in [5.41, 5.74) is 0. The summed E-state index contributed by atoms with van der Waals surface area (Å²) in [5.74, 6) is 0.834. The smallest absolute Gasteiger partial charge is 0.00954 e. The molecule has 1 aliphatic heterocycles. The molecule has 1 heterocycles. The topological polar surface area (TPSA) is 15.3 Å². The molecule has 2 fully saturated rings. The fraction of sp³-hybridized carbons (Fsp3) is 1.00. The summed E-state index contributed by atoms with van der Waals surface area (Å²) < 4.78 is 0. The van der Waals surface area contributed by atoms with Gasteiger partial charge in [-0.15, -0.1) is 0 Å². The molecule has 1 atom stereocenters. The van der Waals surface area contributed by atoms with Crippen LogP contribution in [-0.4, -0.2) is 37.1 Å². The summed E-state index contributed by atoms with van der Waals surface area (Å²) in [5, 5.41) is 3.51. The third-order valence-corrected chi connectivity index (χ3v) is 3.43. The third kappa shape index (κ3) is 2.44. The first-order valence-electron chi connectivity index (χ1n) is 5.81. The molecular weight excluding hydrogens is 160 g/mol. The van der Waals surface area contributed by atoms with Gasteiger partial charge in [-0.3, -0.25) is 0 Å². The van der Waals surface area contributed by atoms with Crippen LogP contribution in [0.2, 0.25) is 0 Å². The molecule has 2 heteroatoms. The van der Waals surface area contributed by atoms with E-state index in [9.17, 15) is 0 Å². The molecule has 0 bridgehead atoms. The summed E-state index contributed by atoms with van der Waals surface area (Å²) in [6.07, 6.45) is 5.72. The summed E-state index contributed by atoms with van der Waals surface area (Å²) >= 11 is 0. The second kappa shape index (κ2) is 4.43. The van der Waals surface area contributed by atoms with Crippen LogP contribution in [0.5, 0.6) is 0 Å². The Morgan fingerprint density at radius 1 is 1.23 bits per heavy atom. The van der Waals surface area contributed by atoms with Crippen molar-refractivity contribution in [1.29, 1.82) is 0 Å². The first kappa shape index (κ1) is 9.47. The van der Waals surface area contributed by atoms with E-state index in [0.717, 1.165) is 12.0 Å². The molecule has 76 valence electrons. The predicted molar refractivity (Wildman–Crippen MR) is 55.9 cm³/mol. The first-order valence-corrected chi connectivity index (χ1v) is 5.81. The molecule has 1 aliphatic carbocycles. The van der Waals surface area contributed by atoms with Crippen molar-refractivity contribution in [1.82, 2.24) is 10.2 Å². The summed E-state index contributed by atoms with van der Waals surface area (Å²) in [7, 11) is 0. The van der Waals surface area contributed by atoms with Crippen LogP contribution in [0.1, 0.15) is 32.6 Å². The Hall–Kier alpha value is -0.0800. The molecule has 0 aromatic heterocycles. The van der Waals surface area contributed by atoms with E-state index < -0.39 is 0 Å². The highest BCUT2D eigenvalue weighted by Gasteiger charge is 2.26. The lowest BCUT2D eigenvalue weighted by Crippen LogP contribution is -2.46. The van der Waals surface area contributed by atoms with Gasteiger partial charge in [-0.05, 0) is 44.8 Å². The van der Waals surface area contributed by atoms with Gasteiger partial charge >= 0.3 is 0 Å². The fourth-order valence-corrected chi connectivity index (χ4v) is 2.40. The van der Waals surface area contributed by atoms with Crippen LogP contribution in [0.25, 0.3) is 0 Å². The SMILES string of the molecule is CC1CNCCCN(C2CCC2)C1. The highest BCUT2D eigenvalue weighted by molar-refractivity contribution is 4.82. The van der Waals surface area contributed by atoms with Crippen molar-refractivity contribution < 1.29 is 0 Å². The number of nitrogens with one attached hydrogen (secondary N) is 1. The third-order valence-electron chi connectivity index (χ3n) is 3.43. The fourth-order valence-electron chi connectivity index (χ4n) is 2.40. The second-order valence-corrected chi connectivity index (χ2v) is 4.74. The van der Waals surface area contributed by atoms with Crippen LogP contribution >= 0.6 is 0 Å². The highest BCUT2D eigenvalue weighted by Crippen LogP contribution is 2.25. The van der Waals surface area contributed by atoms with Crippen LogP contribution in [0.4, 0.5) is 0 Å². The lowest BCUT2D eigenvalue weighted by molar-refractivity contribution is 0.102.